The van der Waals surface area contributed by atoms with Crippen LogP contribution in [0.1, 0.15) is 43.9 Å². The first-order valence-corrected chi connectivity index (χ1v) is 12.4. The highest BCUT2D eigenvalue weighted by atomic mass is 32.2. The van der Waals surface area contributed by atoms with Gasteiger partial charge in [-0.15, -0.1) is 11.3 Å². The van der Waals surface area contributed by atoms with Crippen molar-refractivity contribution >= 4 is 21.2 Å². The molecule has 0 saturated heterocycles. The first-order chi connectivity index (χ1) is 15.1. The molecule has 0 radical (unpaired) electrons. The first kappa shape index (κ1) is 22.9. The lowest BCUT2D eigenvalue weighted by atomic mass is 9.95. The van der Waals surface area contributed by atoms with Crippen molar-refractivity contribution in [2.75, 3.05) is 6.61 Å². The molecule has 1 aliphatic carbocycles. The summed E-state index contributed by atoms with van der Waals surface area (Å²) in [7, 11) is -3.95. The molecule has 5 nitrogen and oxygen atoms in total. The number of rotatable bonds is 7. The monoisotopic (exact) mass is 482 g/mol. The average molecular weight is 483 g/mol. The summed E-state index contributed by atoms with van der Waals surface area (Å²) in [5, 5.41) is 0.575. The number of hydrogen-bond acceptors (Lipinski definition) is 6. The Labute approximate surface area is 188 Å². The van der Waals surface area contributed by atoms with E-state index in [2.05, 4.69) is 9.97 Å². The fourth-order valence-electron chi connectivity index (χ4n) is 3.42. The van der Waals surface area contributed by atoms with Gasteiger partial charge in [0.15, 0.2) is 5.60 Å². The summed E-state index contributed by atoms with van der Waals surface area (Å²) in [5.74, 6) is 0.0809. The molecule has 0 amide bonds. The van der Waals surface area contributed by atoms with Gasteiger partial charge < -0.3 is 4.74 Å². The molecule has 0 aliphatic heterocycles. The van der Waals surface area contributed by atoms with Crippen LogP contribution >= 0.6 is 11.3 Å². The zero-order valence-electron chi connectivity index (χ0n) is 17.4. The van der Waals surface area contributed by atoms with E-state index in [0.717, 1.165) is 48.8 Å². The Morgan fingerprint density at radius 2 is 1.72 bits per heavy atom. The predicted octanol–water partition coefficient (Wildman–Crippen LogP) is 5.73. The van der Waals surface area contributed by atoms with Gasteiger partial charge in [0.2, 0.25) is 9.84 Å². The first-order valence-electron chi connectivity index (χ1n) is 10.1. The van der Waals surface area contributed by atoms with E-state index >= 15 is 0 Å². The Morgan fingerprint density at radius 1 is 1.09 bits per heavy atom. The number of thiazole rings is 1. The van der Waals surface area contributed by atoms with Crippen LogP contribution in [0, 0.1) is 0 Å². The Bertz CT molecular complexity index is 1210. The molecular weight excluding hydrogens is 461 g/mol. The maximum Gasteiger partial charge on any atom is 0.421 e. The van der Waals surface area contributed by atoms with Crippen LogP contribution in [-0.2, 0) is 20.2 Å². The summed E-state index contributed by atoms with van der Waals surface area (Å²) >= 11 is 1.07. The van der Waals surface area contributed by atoms with Crippen LogP contribution in [0.3, 0.4) is 0 Å². The van der Waals surface area contributed by atoms with Gasteiger partial charge in [-0.3, -0.25) is 4.98 Å². The highest BCUT2D eigenvalue weighted by molar-refractivity contribution is 7.93. The van der Waals surface area contributed by atoms with E-state index in [4.69, 9.17) is 4.74 Å². The zero-order valence-corrected chi connectivity index (χ0v) is 19.0. The lowest BCUT2D eigenvalue weighted by Crippen LogP contribution is -2.42. The SMILES string of the molecule is CCOC(C)(c1ccc(S(=O)(=O)c2sc(-c3ccncc3)nc2C2CC2)cc1)C(F)(F)F. The lowest BCUT2D eigenvalue weighted by molar-refractivity contribution is -0.276. The summed E-state index contributed by atoms with van der Waals surface area (Å²) < 4.78 is 72.9. The van der Waals surface area contributed by atoms with E-state index < -0.39 is 21.6 Å². The van der Waals surface area contributed by atoms with Crippen LogP contribution < -0.4 is 0 Å². The molecule has 3 aromatic rings. The number of benzene rings is 1. The topological polar surface area (TPSA) is 69.2 Å². The number of nitrogens with zero attached hydrogens (tertiary/aromatic N) is 2. The van der Waals surface area contributed by atoms with E-state index in [1.807, 2.05) is 0 Å². The van der Waals surface area contributed by atoms with E-state index in [9.17, 15) is 21.6 Å². The fourth-order valence-corrected chi connectivity index (χ4v) is 6.47. The van der Waals surface area contributed by atoms with Gasteiger partial charge in [0, 0.05) is 30.5 Å². The number of sulfone groups is 1. The van der Waals surface area contributed by atoms with Crippen LogP contribution in [0.5, 0.6) is 0 Å². The maximum atomic E-state index is 13.6. The Morgan fingerprint density at radius 3 is 2.25 bits per heavy atom. The molecule has 10 heteroatoms. The average Bonchev–Trinajstić information content (AvgIpc) is 3.51. The van der Waals surface area contributed by atoms with Crippen molar-refractivity contribution in [2.45, 2.75) is 53.5 Å². The molecule has 1 unspecified atom stereocenters. The summed E-state index contributed by atoms with van der Waals surface area (Å²) in [6.45, 7) is 2.28. The fraction of sp³-hybridized carbons (Fsp3) is 0.364. The molecule has 0 bridgehead atoms. The van der Waals surface area contributed by atoms with Crippen LogP contribution in [0.15, 0.2) is 57.9 Å². The predicted molar refractivity (Wildman–Crippen MR) is 114 cm³/mol. The standard InChI is InChI=1S/C22H21F3N2O3S2/c1-3-30-21(2,22(23,24)25)16-6-8-17(9-7-16)32(28,29)20-18(14-4-5-14)27-19(31-20)15-10-12-26-13-11-15/h6-14H,3-5H2,1-2H3. The molecular formula is C22H21F3N2O3S2. The zero-order chi connectivity index (χ0) is 23.1. The molecule has 0 N–H and O–H groups in total. The minimum absolute atomic E-state index is 0.0749. The number of aromatic nitrogens is 2. The van der Waals surface area contributed by atoms with E-state index in [1.165, 1.54) is 19.1 Å². The largest absolute Gasteiger partial charge is 0.421 e. The van der Waals surface area contributed by atoms with Crippen LogP contribution in [0.2, 0.25) is 0 Å². The molecule has 0 spiro atoms. The number of alkyl halides is 3. The highest BCUT2D eigenvalue weighted by Crippen LogP contribution is 2.47. The van der Waals surface area contributed by atoms with Crippen molar-refractivity contribution in [3.05, 3.63) is 60.0 Å². The smallest absolute Gasteiger partial charge is 0.361 e. The normalized spacial score (nSPS) is 16.7. The van der Waals surface area contributed by atoms with Gasteiger partial charge >= 0.3 is 6.18 Å². The molecule has 1 aromatic carbocycles. The lowest BCUT2D eigenvalue weighted by Gasteiger charge is -2.32. The quantitative estimate of drug-likeness (QED) is 0.430. The Balaban J connectivity index is 1.74. The molecule has 1 saturated carbocycles. The highest BCUT2D eigenvalue weighted by Gasteiger charge is 2.53. The van der Waals surface area contributed by atoms with Gasteiger partial charge in [0.05, 0.1) is 10.6 Å². The van der Waals surface area contributed by atoms with Gasteiger partial charge in [-0.05, 0) is 56.5 Å². The van der Waals surface area contributed by atoms with Crippen LogP contribution in [0.4, 0.5) is 13.2 Å². The summed E-state index contributed by atoms with van der Waals surface area (Å²) in [5.41, 5.74) is -1.39. The van der Waals surface area contributed by atoms with E-state index in [-0.39, 0.29) is 27.2 Å². The number of halogens is 3. The van der Waals surface area contributed by atoms with Gasteiger partial charge in [-0.2, -0.15) is 13.2 Å². The van der Waals surface area contributed by atoms with Gasteiger partial charge in [-0.1, -0.05) is 12.1 Å². The number of ether oxygens (including phenoxy) is 1. The van der Waals surface area contributed by atoms with Gasteiger partial charge in [0.1, 0.15) is 9.22 Å². The third-order valence-corrected chi connectivity index (χ3v) is 8.86. The van der Waals surface area contributed by atoms with Crippen molar-refractivity contribution in [3.8, 4) is 10.6 Å². The second-order valence-corrected chi connectivity index (χ2v) is 10.8. The molecule has 1 aliphatic rings. The minimum atomic E-state index is -4.65. The van der Waals surface area contributed by atoms with E-state index in [0.29, 0.717) is 10.7 Å². The third-order valence-electron chi connectivity index (χ3n) is 5.45. The van der Waals surface area contributed by atoms with Crippen molar-refractivity contribution in [1.82, 2.24) is 9.97 Å². The minimum Gasteiger partial charge on any atom is -0.361 e. The van der Waals surface area contributed by atoms with Crippen molar-refractivity contribution in [2.24, 2.45) is 0 Å². The molecule has 2 heterocycles. The van der Waals surface area contributed by atoms with Crippen LogP contribution in [-0.4, -0.2) is 31.2 Å². The molecule has 32 heavy (non-hydrogen) atoms. The summed E-state index contributed by atoms with van der Waals surface area (Å²) in [6.07, 6.45) is 0.283. The van der Waals surface area contributed by atoms with Crippen molar-refractivity contribution in [3.63, 3.8) is 0 Å². The number of hydrogen-bond donors (Lipinski definition) is 0. The second-order valence-electron chi connectivity index (χ2n) is 7.69. The summed E-state index contributed by atoms with van der Waals surface area (Å²) in [6, 6.07) is 8.25. The van der Waals surface area contributed by atoms with Gasteiger partial charge in [0.25, 0.3) is 0 Å². The summed E-state index contributed by atoms with van der Waals surface area (Å²) in [4.78, 5) is 8.49. The molecule has 2 aromatic heterocycles. The number of pyridine rings is 1. The molecule has 170 valence electrons. The second kappa shape index (κ2) is 8.24. The molecule has 4 rings (SSSR count). The van der Waals surface area contributed by atoms with Crippen molar-refractivity contribution in [1.29, 1.82) is 0 Å². The molecule has 1 fully saturated rings. The third kappa shape index (κ3) is 4.06. The van der Waals surface area contributed by atoms with Crippen LogP contribution in [0.25, 0.3) is 10.6 Å². The Hall–Kier alpha value is -2.30. The maximum absolute atomic E-state index is 13.6. The molecule has 1 atom stereocenters. The van der Waals surface area contributed by atoms with E-state index in [1.54, 1.807) is 24.5 Å². The van der Waals surface area contributed by atoms with Gasteiger partial charge in [-0.25, -0.2) is 13.4 Å². The Kier molecular flexibility index (Phi) is 5.89. The van der Waals surface area contributed by atoms with Crippen molar-refractivity contribution < 1.29 is 26.3 Å².